The summed E-state index contributed by atoms with van der Waals surface area (Å²) in [5.74, 6) is 0.0646. The molecule has 0 atom stereocenters. The average molecular weight is 395 g/mol. The van der Waals surface area contributed by atoms with E-state index < -0.39 is 0 Å². The quantitative estimate of drug-likeness (QED) is 0.664. The smallest absolute Gasteiger partial charge is 0.242 e. The first kappa shape index (κ1) is 19.5. The number of methoxy groups -OCH3 is 1. The van der Waals surface area contributed by atoms with Gasteiger partial charge in [-0.05, 0) is 42.1 Å². The lowest BCUT2D eigenvalue weighted by molar-refractivity contribution is -0.133. The van der Waals surface area contributed by atoms with Crippen LogP contribution >= 0.6 is 0 Å². The van der Waals surface area contributed by atoms with Crippen molar-refractivity contribution in [2.45, 2.75) is 20.0 Å². The van der Waals surface area contributed by atoms with Crippen LogP contribution in [0.2, 0.25) is 0 Å². The topological polar surface area (TPSA) is 37.7 Å². The van der Waals surface area contributed by atoms with Crippen molar-refractivity contribution in [3.8, 4) is 5.75 Å². The molecule has 152 valence electrons. The number of nitrogens with zero attached hydrogens (tertiary/aromatic N) is 3. The first-order valence-electron chi connectivity index (χ1n) is 9.92. The molecule has 4 rings (SSSR count). The molecule has 1 aliphatic heterocycles. The predicted octanol–water partition coefficient (Wildman–Crippen LogP) is 3.44. The molecule has 6 heteroatoms. The molecule has 0 spiro atoms. The van der Waals surface area contributed by atoms with E-state index >= 15 is 0 Å². The summed E-state index contributed by atoms with van der Waals surface area (Å²) in [6, 6.07) is 15.3. The van der Waals surface area contributed by atoms with Crippen LogP contribution in [0.25, 0.3) is 10.9 Å². The minimum absolute atomic E-state index is 0.143. The van der Waals surface area contributed by atoms with Gasteiger partial charge >= 0.3 is 0 Å². The zero-order valence-electron chi connectivity index (χ0n) is 16.9. The first-order valence-corrected chi connectivity index (χ1v) is 9.92. The van der Waals surface area contributed by atoms with Crippen LogP contribution < -0.4 is 4.74 Å². The highest BCUT2D eigenvalue weighted by Crippen LogP contribution is 2.21. The van der Waals surface area contributed by atoms with Gasteiger partial charge in [0.05, 0.1) is 7.11 Å². The summed E-state index contributed by atoms with van der Waals surface area (Å²) >= 11 is 0. The van der Waals surface area contributed by atoms with Gasteiger partial charge in [0.25, 0.3) is 0 Å². The van der Waals surface area contributed by atoms with Crippen molar-refractivity contribution in [2.75, 3.05) is 33.3 Å². The van der Waals surface area contributed by atoms with Crippen molar-refractivity contribution in [1.29, 1.82) is 0 Å². The normalized spacial score (nSPS) is 15.1. The van der Waals surface area contributed by atoms with Crippen LogP contribution in [0.3, 0.4) is 0 Å². The van der Waals surface area contributed by atoms with Gasteiger partial charge in [-0.15, -0.1) is 0 Å². The first-order chi connectivity index (χ1) is 14.0. The van der Waals surface area contributed by atoms with Crippen molar-refractivity contribution < 1.29 is 13.9 Å². The maximum absolute atomic E-state index is 13.9. The highest BCUT2D eigenvalue weighted by Gasteiger charge is 2.22. The van der Waals surface area contributed by atoms with E-state index in [9.17, 15) is 9.18 Å². The number of rotatable bonds is 5. The van der Waals surface area contributed by atoms with E-state index in [-0.39, 0.29) is 17.5 Å². The number of ether oxygens (including phenoxy) is 1. The lowest BCUT2D eigenvalue weighted by Gasteiger charge is -2.35. The van der Waals surface area contributed by atoms with Crippen LogP contribution in [0.5, 0.6) is 5.75 Å². The molecular weight excluding hydrogens is 369 g/mol. The molecule has 0 aliphatic carbocycles. The molecule has 0 bridgehead atoms. The number of piperazine rings is 1. The molecule has 1 fully saturated rings. The van der Waals surface area contributed by atoms with Crippen molar-refractivity contribution >= 4 is 16.8 Å². The SMILES string of the molecule is COc1ccc(CN2CCN(C(=O)Cn3c(C)cc4ccccc43)CC2)cc1F. The van der Waals surface area contributed by atoms with E-state index in [1.54, 1.807) is 6.07 Å². The van der Waals surface area contributed by atoms with Gasteiger partial charge < -0.3 is 14.2 Å². The maximum Gasteiger partial charge on any atom is 0.242 e. The second kappa shape index (κ2) is 8.25. The molecule has 0 unspecified atom stereocenters. The Labute approximate surface area is 170 Å². The van der Waals surface area contributed by atoms with Crippen LogP contribution in [0, 0.1) is 12.7 Å². The highest BCUT2D eigenvalue weighted by atomic mass is 19.1. The Bertz CT molecular complexity index is 1020. The van der Waals surface area contributed by atoms with Crippen LogP contribution in [0.1, 0.15) is 11.3 Å². The lowest BCUT2D eigenvalue weighted by Crippen LogP contribution is -2.49. The van der Waals surface area contributed by atoms with Crippen molar-refractivity contribution in [3.05, 3.63) is 65.6 Å². The van der Waals surface area contributed by atoms with E-state index in [4.69, 9.17) is 4.74 Å². The third kappa shape index (κ3) is 4.12. The van der Waals surface area contributed by atoms with Gasteiger partial charge in [-0.25, -0.2) is 4.39 Å². The van der Waals surface area contributed by atoms with Gasteiger partial charge in [0, 0.05) is 43.9 Å². The van der Waals surface area contributed by atoms with Crippen LogP contribution in [-0.4, -0.2) is 53.6 Å². The largest absolute Gasteiger partial charge is 0.494 e. The number of carbonyl (C=O) groups is 1. The van der Waals surface area contributed by atoms with Crippen LogP contribution in [0.4, 0.5) is 4.39 Å². The van der Waals surface area contributed by atoms with E-state index in [1.807, 2.05) is 30.0 Å². The van der Waals surface area contributed by atoms with Crippen molar-refractivity contribution in [1.82, 2.24) is 14.4 Å². The van der Waals surface area contributed by atoms with E-state index in [2.05, 4.69) is 27.7 Å². The number of carbonyl (C=O) groups excluding carboxylic acids is 1. The van der Waals surface area contributed by atoms with E-state index in [0.717, 1.165) is 35.2 Å². The number of halogens is 1. The molecule has 29 heavy (non-hydrogen) atoms. The van der Waals surface area contributed by atoms with Crippen LogP contribution in [0.15, 0.2) is 48.5 Å². The molecule has 2 aromatic carbocycles. The molecule has 1 saturated heterocycles. The maximum atomic E-state index is 13.9. The summed E-state index contributed by atoms with van der Waals surface area (Å²) in [6.07, 6.45) is 0. The van der Waals surface area contributed by atoms with Gasteiger partial charge in [-0.1, -0.05) is 24.3 Å². The average Bonchev–Trinajstić information content (AvgIpc) is 3.04. The Morgan fingerprint density at radius 3 is 2.55 bits per heavy atom. The monoisotopic (exact) mass is 395 g/mol. The summed E-state index contributed by atoms with van der Waals surface area (Å²) < 4.78 is 21.0. The lowest BCUT2D eigenvalue weighted by atomic mass is 10.2. The molecule has 2 heterocycles. The number of aromatic nitrogens is 1. The molecular formula is C23H26FN3O2. The molecule has 0 radical (unpaired) electrons. The third-order valence-corrected chi connectivity index (χ3v) is 5.66. The van der Waals surface area contributed by atoms with Gasteiger partial charge in [0.15, 0.2) is 11.6 Å². The highest BCUT2D eigenvalue weighted by molar-refractivity contribution is 5.84. The minimum atomic E-state index is -0.340. The van der Waals surface area contributed by atoms with E-state index in [0.29, 0.717) is 26.2 Å². The van der Waals surface area contributed by atoms with Gasteiger partial charge in [0.1, 0.15) is 6.54 Å². The summed E-state index contributed by atoms with van der Waals surface area (Å²) in [5.41, 5.74) is 3.11. The summed E-state index contributed by atoms with van der Waals surface area (Å²) in [7, 11) is 1.46. The fraction of sp³-hybridized carbons (Fsp3) is 0.348. The molecule has 0 N–H and O–H groups in total. The van der Waals surface area contributed by atoms with Crippen molar-refractivity contribution in [2.24, 2.45) is 0 Å². The van der Waals surface area contributed by atoms with Gasteiger partial charge in [0.2, 0.25) is 5.91 Å². The van der Waals surface area contributed by atoms with Crippen molar-refractivity contribution in [3.63, 3.8) is 0 Å². The number of hydrogen-bond acceptors (Lipinski definition) is 3. The van der Waals surface area contributed by atoms with E-state index in [1.165, 1.54) is 13.2 Å². The molecule has 1 aliphatic rings. The number of hydrogen-bond donors (Lipinski definition) is 0. The number of fused-ring (bicyclic) bond motifs is 1. The standard InChI is InChI=1S/C23H26FN3O2/c1-17-13-19-5-3-4-6-21(19)27(17)16-23(28)26-11-9-25(10-12-26)15-18-7-8-22(29-2)20(24)14-18/h3-8,13-14H,9-12,15-16H2,1-2H3. The molecule has 0 saturated carbocycles. The fourth-order valence-corrected chi connectivity index (χ4v) is 4.02. The predicted molar refractivity (Wildman–Crippen MR) is 111 cm³/mol. The second-order valence-corrected chi connectivity index (χ2v) is 7.56. The zero-order valence-corrected chi connectivity index (χ0v) is 16.9. The second-order valence-electron chi connectivity index (χ2n) is 7.56. The summed E-state index contributed by atoms with van der Waals surface area (Å²) in [6.45, 7) is 6.02. The molecule has 5 nitrogen and oxygen atoms in total. The van der Waals surface area contributed by atoms with Crippen LogP contribution in [-0.2, 0) is 17.9 Å². The Morgan fingerprint density at radius 2 is 1.83 bits per heavy atom. The molecule has 1 amide bonds. The molecule has 1 aromatic heterocycles. The number of amides is 1. The van der Waals surface area contributed by atoms with Gasteiger partial charge in [-0.3, -0.25) is 9.69 Å². The third-order valence-electron chi connectivity index (χ3n) is 5.66. The number of benzene rings is 2. The minimum Gasteiger partial charge on any atom is -0.494 e. The Balaban J connectivity index is 1.35. The Hall–Kier alpha value is -2.86. The Kier molecular flexibility index (Phi) is 5.53. The summed E-state index contributed by atoms with van der Waals surface area (Å²) in [4.78, 5) is 17.0. The zero-order chi connectivity index (χ0) is 20.4. The fourth-order valence-electron chi connectivity index (χ4n) is 4.02. The summed E-state index contributed by atoms with van der Waals surface area (Å²) in [5, 5.41) is 1.16. The number of para-hydroxylation sites is 1. The molecule has 3 aromatic rings. The number of aryl methyl sites for hydroxylation is 1. The Morgan fingerprint density at radius 1 is 1.07 bits per heavy atom. The van der Waals surface area contributed by atoms with Gasteiger partial charge in [-0.2, -0.15) is 0 Å².